The van der Waals surface area contributed by atoms with Crippen molar-refractivity contribution in [2.75, 3.05) is 0 Å². The minimum atomic E-state index is -0.423. The first kappa shape index (κ1) is 12.6. The lowest BCUT2D eigenvalue weighted by atomic mass is 10.1. The molecule has 0 amide bonds. The second-order valence-electron chi connectivity index (χ2n) is 4.23. The molecule has 0 bridgehead atoms. The van der Waals surface area contributed by atoms with Crippen molar-refractivity contribution in [1.82, 2.24) is 0 Å². The van der Waals surface area contributed by atoms with Gasteiger partial charge in [0.15, 0.2) is 0 Å². The highest BCUT2D eigenvalue weighted by Gasteiger charge is 2.12. The standard InChI is InChI=1S/C14H15ClOS/c1-9-7-14(17-10(9)2)13(16)8-11-3-5-12(15)6-4-11/h3-7,13,16H,8H2,1-2H3. The summed E-state index contributed by atoms with van der Waals surface area (Å²) in [6.45, 7) is 4.16. The topological polar surface area (TPSA) is 20.2 Å². The van der Waals surface area contributed by atoms with E-state index in [2.05, 4.69) is 19.9 Å². The highest BCUT2D eigenvalue weighted by Crippen LogP contribution is 2.28. The van der Waals surface area contributed by atoms with E-state index >= 15 is 0 Å². The Bertz CT molecular complexity index is 482. The van der Waals surface area contributed by atoms with Crippen LogP contribution in [0.25, 0.3) is 0 Å². The van der Waals surface area contributed by atoms with Crippen LogP contribution in [0, 0.1) is 13.8 Å². The highest BCUT2D eigenvalue weighted by atomic mass is 35.5. The van der Waals surface area contributed by atoms with Crippen molar-refractivity contribution in [3.8, 4) is 0 Å². The molecule has 1 atom stereocenters. The van der Waals surface area contributed by atoms with Crippen LogP contribution in [0.2, 0.25) is 5.02 Å². The number of aliphatic hydroxyl groups is 1. The Hall–Kier alpha value is -0.830. The number of rotatable bonds is 3. The number of aryl methyl sites for hydroxylation is 2. The molecule has 0 aliphatic rings. The molecule has 1 heterocycles. The zero-order valence-corrected chi connectivity index (χ0v) is 11.5. The molecule has 0 spiro atoms. The van der Waals surface area contributed by atoms with Gasteiger partial charge in [0, 0.05) is 21.2 Å². The van der Waals surface area contributed by atoms with Crippen LogP contribution in [0.4, 0.5) is 0 Å². The van der Waals surface area contributed by atoms with Crippen LogP contribution >= 0.6 is 22.9 Å². The van der Waals surface area contributed by atoms with Gasteiger partial charge >= 0.3 is 0 Å². The normalized spacial score (nSPS) is 12.7. The van der Waals surface area contributed by atoms with Crippen LogP contribution in [0.1, 0.15) is 27.0 Å². The molecule has 1 aromatic carbocycles. The van der Waals surface area contributed by atoms with Crippen molar-refractivity contribution < 1.29 is 5.11 Å². The second kappa shape index (κ2) is 5.21. The number of aliphatic hydroxyl groups excluding tert-OH is 1. The Morgan fingerprint density at radius 1 is 1.24 bits per heavy atom. The predicted molar refractivity (Wildman–Crippen MR) is 73.9 cm³/mol. The summed E-state index contributed by atoms with van der Waals surface area (Å²) in [6, 6.07) is 9.70. The van der Waals surface area contributed by atoms with Crippen molar-refractivity contribution in [1.29, 1.82) is 0 Å². The molecule has 0 saturated carbocycles. The number of hydrogen-bond donors (Lipinski definition) is 1. The lowest BCUT2D eigenvalue weighted by Gasteiger charge is -2.08. The maximum absolute atomic E-state index is 10.2. The van der Waals surface area contributed by atoms with Gasteiger partial charge in [-0.05, 0) is 43.2 Å². The Morgan fingerprint density at radius 3 is 2.41 bits per heavy atom. The molecule has 2 aromatic rings. The molecular weight excluding hydrogens is 252 g/mol. The van der Waals surface area contributed by atoms with E-state index in [4.69, 9.17) is 11.6 Å². The summed E-state index contributed by atoms with van der Waals surface area (Å²) in [5.41, 5.74) is 2.35. The van der Waals surface area contributed by atoms with Gasteiger partial charge in [0.05, 0.1) is 6.10 Å². The molecule has 0 aliphatic carbocycles. The second-order valence-corrected chi connectivity index (χ2v) is 5.96. The van der Waals surface area contributed by atoms with Crippen LogP contribution in [0.5, 0.6) is 0 Å². The quantitative estimate of drug-likeness (QED) is 0.878. The molecule has 0 saturated heterocycles. The molecule has 90 valence electrons. The number of thiophene rings is 1. The smallest absolute Gasteiger partial charge is 0.0922 e. The monoisotopic (exact) mass is 266 g/mol. The van der Waals surface area contributed by atoms with Gasteiger partial charge in [-0.2, -0.15) is 0 Å². The van der Waals surface area contributed by atoms with Gasteiger partial charge in [-0.1, -0.05) is 23.7 Å². The van der Waals surface area contributed by atoms with Crippen molar-refractivity contribution in [2.45, 2.75) is 26.4 Å². The van der Waals surface area contributed by atoms with Gasteiger partial charge in [0.25, 0.3) is 0 Å². The van der Waals surface area contributed by atoms with Crippen LogP contribution in [0.3, 0.4) is 0 Å². The number of benzene rings is 1. The summed E-state index contributed by atoms with van der Waals surface area (Å²) in [4.78, 5) is 2.31. The molecule has 17 heavy (non-hydrogen) atoms. The largest absolute Gasteiger partial charge is 0.387 e. The van der Waals surface area contributed by atoms with Crippen LogP contribution in [-0.4, -0.2) is 5.11 Å². The molecule has 1 aromatic heterocycles. The predicted octanol–water partition coefficient (Wildman–Crippen LogP) is 4.29. The zero-order chi connectivity index (χ0) is 12.4. The Kier molecular flexibility index (Phi) is 3.87. The van der Waals surface area contributed by atoms with Gasteiger partial charge < -0.3 is 5.11 Å². The zero-order valence-electron chi connectivity index (χ0n) is 9.90. The van der Waals surface area contributed by atoms with E-state index < -0.39 is 6.10 Å². The van der Waals surface area contributed by atoms with Crippen LogP contribution < -0.4 is 0 Å². The fourth-order valence-corrected chi connectivity index (χ4v) is 2.86. The Labute approximate surface area is 111 Å². The van der Waals surface area contributed by atoms with Gasteiger partial charge in [0.2, 0.25) is 0 Å². The molecule has 3 heteroatoms. The van der Waals surface area contributed by atoms with Crippen molar-refractivity contribution in [3.05, 3.63) is 56.2 Å². The summed E-state index contributed by atoms with van der Waals surface area (Å²) in [6.07, 6.45) is 0.213. The minimum Gasteiger partial charge on any atom is -0.387 e. The third kappa shape index (κ3) is 3.09. The third-order valence-electron chi connectivity index (χ3n) is 2.86. The van der Waals surface area contributed by atoms with E-state index in [0.717, 1.165) is 15.5 Å². The first-order valence-electron chi connectivity index (χ1n) is 5.55. The van der Waals surface area contributed by atoms with Crippen molar-refractivity contribution in [2.24, 2.45) is 0 Å². The summed E-state index contributed by atoms with van der Waals surface area (Å²) in [7, 11) is 0. The fourth-order valence-electron chi connectivity index (χ4n) is 1.71. The molecule has 1 nitrogen and oxygen atoms in total. The fraction of sp³-hybridized carbons (Fsp3) is 0.286. The summed E-state index contributed by atoms with van der Waals surface area (Å²) >= 11 is 7.50. The molecular formula is C14H15ClOS. The minimum absolute atomic E-state index is 0.423. The van der Waals surface area contributed by atoms with Gasteiger partial charge in [-0.25, -0.2) is 0 Å². The maximum Gasteiger partial charge on any atom is 0.0922 e. The molecule has 0 radical (unpaired) electrons. The van der Waals surface area contributed by atoms with E-state index in [-0.39, 0.29) is 0 Å². The number of halogens is 1. The Morgan fingerprint density at radius 2 is 1.88 bits per heavy atom. The third-order valence-corrected chi connectivity index (χ3v) is 4.36. The molecule has 1 N–H and O–H groups in total. The highest BCUT2D eigenvalue weighted by molar-refractivity contribution is 7.12. The molecule has 0 aliphatic heterocycles. The van der Waals surface area contributed by atoms with E-state index in [0.29, 0.717) is 6.42 Å². The van der Waals surface area contributed by atoms with Crippen molar-refractivity contribution in [3.63, 3.8) is 0 Å². The average Bonchev–Trinajstić information content (AvgIpc) is 2.63. The lowest BCUT2D eigenvalue weighted by Crippen LogP contribution is -1.99. The van der Waals surface area contributed by atoms with E-state index in [1.54, 1.807) is 11.3 Å². The average molecular weight is 267 g/mol. The van der Waals surface area contributed by atoms with Gasteiger partial charge in [0.1, 0.15) is 0 Å². The molecule has 0 fully saturated rings. The summed E-state index contributed by atoms with van der Waals surface area (Å²) in [5, 5.41) is 10.9. The maximum atomic E-state index is 10.2. The first-order chi connectivity index (χ1) is 8.06. The van der Waals surface area contributed by atoms with E-state index in [1.165, 1.54) is 10.4 Å². The molecule has 2 rings (SSSR count). The molecule has 1 unspecified atom stereocenters. The van der Waals surface area contributed by atoms with Crippen molar-refractivity contribution >= 4 is 22.9 Å². The summed E-state index contributed by atoms with van der Waals surface area (Å²) in [5.74, 6) is 0. The number of hydrogen-bond acceptors (Lipinski definition) is 2. The van der Waals surface area contributed by atoms with E-state index in [9.17, 15) is 5.11 Å². The SMILES string of the molecule is Cc1cc(C(O)Cc2ccc(Cl)cc2)sc1C. The van der Waals surface area contributed by atoms with Gasteiger partial charge in [-0.15, -0.1) is 11.3 Å². The van der Waals surface area contributed by atoms with Gasteiger partial charge in [-0.3, -0.25) is 0 Å². The van der Waals surface area contributed by atoms with Crippen LogP contribution in [-0.2, 0) is 6.42 Å². The summed E-state index contributed by atoms with van der Waals surface area (Å²) < 4.78 is 0. The first-order valence-corrected chi connectivity index (χ1v) is 6.75. The van der Waals surface area contributed by atoms with Crippen LogP contribution in [0.15, 0.2) is 30.3 Å². The lowest BCUT2D eigenvalue weighted by molar-refractivity contribution is 0.182. The van der Waals surface area contributed by atoms with E-state index in [1.807, 2.05) is 24.3 Å². The Balaban J connectivity index is 2.11.